The number of ether oxygens (including phenoxy) is 1. The zero-order valence-electron chi connectivity index (χ0n) is 6.03. The molecule has 0 saturated carbocycles. The van der Waals surface area contributed by atoms with E-state index in [4.69, 9.17) is 0 Å². The molecule has 0 unspecified atom stereocenters. The molecule has 0 aromatic carbocycles. The molecule has 5 nitrogen and oxygen atoms in total. The van der Waals surface area contributed by atoms with E-state index in [0.29, 0.717) is 13.2 Å². The predicted molar refractivity (Wildman–Crippen MR) is 33.5 cm³/mol. The van der Waals surface area contributed by atoms with Gasteiger partial charge in [-0.15, -0.1) is 0 Å². The monoisotopic (exact) mass is 146 g/mol. The smallest absolute Gasteiger partial charge is 0.447 e. The van der Waals surface area contributed by atoms with Gasteiger partial charge in [0.25, 0.3) is 0 Å². The van der Waals surface area contributed by atoms with Gasteiger partial charge in [0.2, 0.25) is 0 Å². The van der Waals surface area contributed by atoms with Gasteiger partial charge in [-0.25, -0.2) is 4.79 Å². The van der Waals surface area contributed by atoms with Crippen LogP contribution >= 0.6 is 0 Å². The maximum atomic E-state index is 10.4. The summed E-state index contributed by atoms with van der Waals surface area (Å²) in [5.41, 5.74) is 0. The largest absolute Gasteiger partial charge is 0.455 e. The van der Waals surface area contributed by atoms with Crippen molar-refractivity contribution in [2.45, 2.75) is 13.8 Å². The molecular formula is C5H10N2O3. The highest BCUT2D eigenvalue weighted by atomic mass is 16.6. The van der Waals surface area contributed by atoms with Gasteiger partial charge in [-0.05, 0) is 19.0 Å². The summed E-state index contributed by atoms with van der Waals surface area (Å²) in [4.78, 5) is 14.8. The Morgan fingerprint density at radius 3 is 2.60 bits per heavy atom. The molecule has 0 bridgehead atoms. The van der Waals surface area contributed by atoms with Gasteiger partial charge in [-0.1, -0.05) is 0 Å². The molecule has 58 valence electrons. The lowest BCUT2D eigenvalue weighted by Crippen LogP contribution is -1.96. The summed E-state index contributed by atoms with van der Waals surface area (Å²) < 4.78 is 4.41. The van der Waals surface area contributed by atoms with Crippen LogP contribution in [0.3, 0.4) is 0 Å². The molecule has 10 heavy (non-hydrogen) atoms. The molecule has 0 radical (unpaired) electrons. The second-order valence-electron chi connectivity index (χ2n) is 1.30. The quantitative estimate of drug-likeness (QED) is 0.448. The Hall–Kier alpha value is -1.13. The van der Waals surface area contributed by atoms with Gasteiger partial charge < -0.3 is 9.57 Å². The Balaban J connectivity index is 3.36. The molecule has 0 atom stereocenters. The van der Waals surface area contributed by atoms with Crippen LogP contribution in [0.25, 0.3) is 0 Å². The van der Waals surface area contributed by atoms with E-state index in [9.17, 15) is 4.79 Å². The Morgan fingerprint density at radius 1 is 1.40 bits per heavy atom. The van der Waals surface area contributed by atoms with E-state index in [1.807, 2.05) is 0 Å². The molecule has 0 aliphatic rings. The first-order valence-electron chi connectivity index (χ1n) is 3.01. The lowest BCUT2D eigenvalue weighted by Gasteiger charge is -1.91. The van der Waals surface area contributed by atoms with Crippen molar-refractivity contribution in [2.75, 3.05) is 13.2 Å². The van der Waals surface area contributed by atoms with Gasteiger partial charge >= 0.3 is 6.09 Å². The molecular weight excluding hydrogens is 136 g/mol. The molecule has 0 heterocycles. The van der Waals surface area contributed by atoms with Crippen molar-refractivity contribution < 1.29 is 14.4 Å². The summed E-state index contributed by atoms with van der Waals surface area (Å²) >= 11 is 0. The first-order valence-corrected chi connectivity index (χ1v) is 3.01. The van der Waals surface area contributed by atoms with Crippen LogP contribution in [-0.4, -0.2) is 19.3 Å². The topological polar surface area (TPSA) is 60.2 Å². The molecule has 0 aromatic rings. The van der Waals surface area contributed by atoms with E-state index < -0.39 is 6.09 Å². The SMILES string of the molecule is CCO/N=N/C(=O)OCC. The number of carbonyl (C=O) groups excluding carboxylic acids is 1. The third-order valence-corrected chi connectivity index (χ3v) is 0.577. The normalized spacial score (nSPS) is 9.80. The fourth-order valence-electron chi connectivity index (χ4n) is 0.272. The van der Waals surface area contributed by atoms with Gasteiger partial charge in [0.05, 0.1) is 6.61 Å². The van der Waals surface area contributed by atoms with Crippen molar-refractivity contribution in [3.63, 3.8) is 0 Å². The zero-order chi connectivity index (χ0) is 7.82. The maximum Gasteiger partial charge on any atom is 0.455 e. The number of hydrogen-bond donors (Lipinski definition) is 0. The Kier molecular flexibility index (Phi) is 5.32. The standard InChI is InChI=1S/C5H10N2O3/c1-3-9-5(8)6-7-10-4-2/h3-4H2,1-2H3/b7-6+. The van der Waals surface area contributed by atoms with Crippen molar-refractivity contribution in [3.05, 3.63) is 0 Å². The highest BCUT2D eigenvalue weighted by molar-refractivity contribution is 5.67. The number of nitrogens with zero attached hydrogens (tertiary/aromatic N) is 2. The molecule has 0 fully saturated rings. The highest BCUT2D eigenvalue weighted by Gasteiger charge is 1.94. The molecule has 1 amide bonds. The molecule has 0 rings (SSSR count). The first kappa shape index (κ1) is 8.87. The third-order valence-electron chi connectivity index (χ3n) is 0.577. The van der Waals surface area contributed by atoms with E-state index in [2.05, 4.69) is 20.0 Å². The number of amides is 1. The van der Waals surface area contributed by atoms with E-state index >= 15 is 0 Å². The van der Waals surface area contributed by atoms with Gasteiger partial charge in [-0.3, -0.25) is 0 Å². The fourth-order valence-corrected chi connectivity index (χ4v) is 0.272. The van der Waals surface area contributed by atoms with Gasteiger partial charge in [0.1, 0.15) is 6.61 Å². The van der Waals surface area contributed by atoms with Crippen LogP contribution in [0, 0.1) is 0 Å². The number of hydrogen-bond acceptors (Lipinski definition) is 4. The van der Waals surface area contributed by atoms with Crippen LogP contribution in [0.5, 0.6) is 0 Å². The second-order valence-corrected chi connectivity index (χ2v) is 1.30. The van der Waals surface area contributed by atoms with Crippen LogP contribution in [-0.2, 0) is 9.57 Å². The fraction of sp³-hybridized carbons (Fsp3) is 0.800. The summed E-state index contributed by atoms with van der Waals surface area (Å²) in [5, 5.41) is 6.10. The lowest BCUT2D eigenvalue weighted by molar-refractivity contribution is 0.121. The molecule has 0 N–H and O–H groups in total. The zero-order valence-corrected chi connectivity index (χ0v) is 6.03. The second kappa shape index (κ2) is 6.00. The lowest BCUT2D eigenvalue weighted by atomic mass is 10.9. The number of rotatable bonds is 3. The summed E-state index contributed by atoms with van der Waals surface area (Å²) in [6.45, 7) is 4.12. The summed E-state index contributed by atoms with van der Waals surface area (Å²) in [6.07, 6.45) is -0.726. The summed E-state index contributed by atoms with van der Waals surface area (Å²) in [5.74, 6) is 0. The van der Waals surface area contributed by atoms with Gasteiger partial charge in [-0.2, -0.15) is 0 Å². The minimum absolute atomic E-state index is 0.296. The Labute approximate surface area is 59.0 Å². The van der Waals surface area contributed by atoms with Gasteiger partial charge in [0, 0.05) is 5.28 Å². The molecule has 0 aromatic heterocycles. The summed E-state index contributed by atoms with van der Waals surface area (Å²) in [6, 6.07) is 0. The summed E-state index contributed by atoms with van der Waals surface area (Å²) in [7, 11) is 0. The average molecular weight is 146 g/mol. The van der Waals surface area contributed by atoms with E-state index in [1.165, 1.54) is 0 Å². The third kappa shape index (κ3) is 5.02. The Bertz CT molecular complexity index is 124. The van der Waals surface area contributed by atoms with Crippen molar-refractivity contribution in [1.82, 2.24) is 0 Å². The molecule has 0 aliphatic carbocycles. The number of carbonyl (C=O) groups is 1. The van der Waals surface area contributed by atoms with Crippen molar-refractivity contribution in [2.24, 2.45) is 10.4 Å². The molecule has 5 heteroatoms. The van der Waals surface area contributed by atoms with E-state index in [1.54, 1.807) is 13.8 Å². The van der Waals surface area contributed by atoms with Gasteiger partial charge in [0.15, 0.2) is 0 Å². The molecule has 0 saturated heterocycles. The first-order chi connectivity index (χ1) is 4.81. The predicted octanol–water partition coefficient (Wildman–Crippen LogP) is 1.55. The van der Waals surface area contributed by atoms with Crippen molar-refractivity contribution >= 4 is 6.09 Å². The van der Waals surface area contributed by atoms with Crippen LogP contribution in [0.4, 0.5) is 4.79 Å². The van der Waals surface area contributed by atoms with Crippen LogP contribution in [0.2, 0.25) is 0 Å². The van der Waals surface area contributed by atoms with Crippen molar-refractivity contribution in [1.29, 1.82) is 0 Å². The minimum atomic E-state index is -0.726. The van der Waals surface area contributed by atoms with Crippen molar-refractivity contribution in [3.8, 4) is 0 Å². The van der Waals surface area contributed by atoms with E-state index in [-0.39, 0.29) is 0 Å². The minimum Gasteiger partial charge on any atom is -0.447 e. The van der Waals surface area contributed by atoms with E-state index in [0.717, 1.165) is 0 Å². The van der Waals surface area contributed by atoms with Crippen LogP contribution < -0.4 is 0 Å². The average Bonchev–Trinajstić information content (AvgIpc) is 1.89. The Morgan fingerprint density at radius 2 is 2.10 bits per heavy atom. The molecule has 0 spiro atoms. The van der Waals surface area contributed by atoms with Crippen LogP contribution in [0.1, 0.15) is 13.8 Å². The molecule has 0 aliphatic heterocycles. The maximum absolute atomic E-state index is 10.4. The highest BCUT2D eigenvalue weighted by Crippen LogP contribution is 1.85. The van der Waals surface area contributed by atoms with Crippen LogP contribution in [0.15, 0.2) is 10.4 Å².